The molecular formula is C13H13Cl2N3. The van der Waals surface area contributed by atoms with Crippen molar-refractivity contribution in [3.05, 3.63) is 45.1 Å². The molecule has 1 heterocycles. The van der Waals surface area contributed by atoms with Crippen molar-refractivity contribution in [1.29, 1.82) is 0 Å². The van der Waals surface area contributed by atoms with Crippen LogP contribution in [-0.4, -0.2) is 10.2 Å². The van der Waals surface area contributed by atoms with E-state index in [2.05, 4.69) is 15.5 Å². The fourth-order valence-corrected chi connectivity index (χ4v) is 1.92. The molecule has 0 radical (unpaired) electrons. The summed E-state index contributed by atoms with van der Waals surface area (Å²) in [6.45, 7) is 5.83. The Bertz CT molecular complexity index is 597. The third kappa shape index (κ3) is 2.42. The van der Waals surface area contributed by atoms with Crippen LogP contribution in [0.2, 0.25) is 10.2 Å². The number of hydrogen-bond acceptors (Lipinski definition) is 3. The fourth-order valence-electron chi connectivity index (χ4n) is 1.57. The lowest BCUT2D eigenvalue weighted by Crippen LogP contribution is -2.02. The Labute approximate surface area is 116 Å². The van der Waals surface area contributed by atoms with Gasteiger partial charge in [0.2, 0.25) is 0 Å². The zero-order valence-electron chi connectivity index (χ0n) is 10.4. The predicted molar refractivity (Wildman–Crippen MR) is 76.0 cm³/mol. The van der Waals surface area contributed by atoms with Crippen LogP contribution in [0, 0.1) is 20.8 Å². The summed E-state index contributed by atoms with van der Waals surface area (Å²) < 4.78 is 0. The van der Waals surface area contributed by atoms with E-state index >= 15 is 0 Å². The number of anilines is 2. The average Bonchev–Trinajstić information content (AvgIpc) is 2.35. The number of aromatic nitrogens is 2. The average molecular weight is 282 g/mol. The summed E-state index contributed by atoms with van der Waals surface area (Å²) in [5.41, 5.74) is 3.80. The zero-order chi connectivity index (χ0) is 13.3. The molecule has 0 aliphatic heterocycles. The summed E-state index contributed by atoms with van der Waals surface area (Å²) in [7, 11) is 0. The Morgan fingerprint density at radius 1 is 0.944 bits per heavy atom. The van der Waals surface area contributed by atoms with Crippen LogP contribution in [0.4, 0.5) is 11.5 Å². The largest absolute Gasteiger partial charge is 0.338 e. The van der Waals surface area contributed by atoms with E-state index in [4.69, 9.17) is 23.2 Å². The first-order valence-corrected chi connectivity index (χ1v) is 6.28. The van der Waals surface area contributed by atoms with Gasteiger partial charge in [0, 0.05) is 10.7 Å². The molecule has 1 N–H and O–H groups in total. The maximum Gasteiger partial charge on any atom is 0.156 e. The molecule has 0 aliphatic rings. The molecule has 2 rings (SSSR count). The van der Waals surface area contributed by atoms with Crippen LogP contribution in [-0.2, 0) is 0 Å². The molecule has 0 unspecified atom stereocenters. The molecule has 18 heavy (non-hydrogen) atoms. The molecule has 0 bridgehead atoms. The minimum Gasteiger partial charge on any atom is -0.338 e. The number of nitrogens with zero attached hydrogens (tertiary/aromatic N) is 2. The van der Waals surface area contributed by atoms with E-state index in [1.165, 1.54) is 0 Å². The maximum atomic E-state index is 6.08. The Kier molecular flexibility index (Phi) is 3.73. The van der Waals surface area contributed by atoms with Crippen LogP contribution in [0.1, 0.15) is 16.7 Å². The van der Waals surface area contributed by atoms with Crippen molar-refractivity contribution in [2.75, 3.05) is 5.32 Å². The molecule has 5 heteroatoms. The van der Waals surface area contributed by atoms with Gasteiger partial charge < -0.3 is 5.32 Å². The van der Waals surface area contributed by atoms with E-state index in [0.717, 1.165) is 27.4 Å². The number of hydrogen-bond donors (Lipinski definition) is 1. The van der Waals surface area contributed by atoms with E-state index in [0.29, 0.717) is 11.0 Å². The van der Waals surface area contributed by atoms with Crippen molar-refractivity contribution >= 4 is 34.7 Å². The molecule has 1 aromatic heterocycles. The number of halogens is 2. The van der Waals surface area contributed by atoms with Gasteiger partial charge in [-0.05, 0) is 49.6 Å². The fraction of sp³-hybridized carbons (Fsp3) is 0.231. The highest BCUT2D eigenvalue weighted by Crippen LogP contribution is 2.28. The molecule has 3 nitrogen and oxygen atoms in total. The van der Waals surface area contributed by atoms with Crippen molar-refractivity contribution in [2.24, 2.45) is 0 Å². The smallest absolute Gasteiger partial charge is 0.156 e. The van der Waals surface area contributed by atoms with E-state index in [1.54, 1.807) is 0 Å². The molecule has 0 fully saturated rings. The Balaban J connectivity index is 2.41. The molecule has 0 spiro atoms. The van der Waals surface area contributed by atoms with Crippen LogP contribution in [0.3, 0.4) is 0 Å². The second kappa shape index (κ2) is 5.12. The van der Waals surface area contributed by atoms with Gasteiger partial charge >= 0.3 is 0 Å². The molecule has 94 valence electrons. The summed E-state index contributed by atoms with van der Waals surface area (Å²) in [6, 6.07) is 5.70. The third-order valence-electron chi connectivity index (χ3n) is 2.99. The van der Waals surface area contributed by atoms with Gasteiger partial charge in [0.1, 0.15) is 0 Å². The predicted octanol–water partition coefficient (Wildman–Crippen LogP) is 4.45. The summed E-state index contributed by atoms with van der Waals surface area (Å²) in [5, 5.41) is 12.4. The minimum atomic E-state index is 0.431. The molecule has 0 saturated heterocycles. The van der Waals surface area contributed by atoms with E-state index in [1.807, 2.05) is 39.0 Å². The maximum absolute atomic E-state index is 6.08. The molecule has 0 amide bonds. The first-order valence-electron chi connectivity index (χ1n) is 5.52. The molecule has 0 aliphatic carbocycles. The van der Waals surface area contributed by atoms with E-state index in [-0.39, 0.29) is 0 Å². The van der Waals surface area contributed by atoms with Crippen LogP contribution < -0.4 is 5.32 Å². The van der Waals surface area contributed by atoms with Crippen LogP contribution in [0.25, 0.3) is 0 Å². The molecule has 0 atom stereocenters. The monoisotopic (exact) mass is 281 g/mol. The SMILES string of the molecule is Cc1c(Cl)cccc1Nc1nnc(Cl)c(C)c1C. The van der Waals surface area contributed by atoms with Crippen LogP contribution >= 0.6 is 23.2 Å². The van der Waals surface area contributed by atoms with Crippen LogP contribution in [0.15, 0.2) is 18.2 Å². The Morgan fingerprint density at radius 2 is 1.67 bits per heavy atom. The highest BCUT2D eigenvalue weighted by Gasteiger charge is 2.10. The number of rotatable bonds is 2. The lowest BCUT2D eigenvalue weighted by molar-refractivity contribution is 1.00. The van der Waals surface area contributed by atoms with E-state index in [9.17, 15) is 0 Å². The Morgan fingerprint density at radius 3 is 2.39 bits per heavy atom. The first-order chi connectivity index (χ1) is 8.50. The summed E-state index contributed by atoms with van der Waals surface area (Å²) in [6.07, 6.45) is 0. The lowest BCUT2D eigenvalue weighted by atomic mass is 10.1. The molecular weight excluding hydrogens is 269 g/mol. The summed E-state index contributed by atoms with van der Waals surface area (Å²) in [4.78, 5) is 0. The molecule has 0 saturated carbocycles. The lowest BCUT2D eigenvalue weighted by Gasteiger charge is -2.12. The second-order valence-corrected chi connectivity index (χ2v) is 4.89. The quantitative estimate of drug-likeness (QED) is 0.884. The summed E-state index contributed by atoms with van der Waals surface area (Å²) >= 11 is 12.0. The summed E-state index contributed by atoms with van der Waals surface area (Å²) in [5.74, 6) is 0.697. The van der Waals surface area contributed by atoms with Gasteiger partial charge in [0.15, 0.2) is 11.0 Å². The zero-order valence-corrected chi connectivity index (χ0v) is 11.9. The minimum absolute atomic E-state index is 0.431. The van der Waals surface area contributed by atoms with Gasteiger partial charge in [-0.25, -0.2) is 0 Å². The van der Waals surface area contributed by atoms with Gasteiger partial charge in [-0.2, -0.15) is 0 Å². The third-order valence-corrected chi connectivity index (χ3v) is 3.75. The Hall–Kier alpha value is -1.32. The number of benzene rings is 1. The topological polar surface area (TPSA) is 37.8 Å². The highest BCUT2D eigenvalue weighted by molar-refractivity contribution is 6.31. The van der Waals surface area contributed by atoms with Crippen molar-refractivity contribution in [3.8, 4) is 0 Å². The van der Waals surface area contributed by atoms with Gasteiger partial charge in [-0.15, -0.1) is 10.2 Å². The van der Waals surface area contributed by atoms with Crippen molar-refractivity contribution in [2.45, 2.75) is 20.8 Å². The van der Waals surface area contributed by atoms with Crippen LogP contribution in [0.5, 0.6) is 0 Å². The van der Waals surface area contributed by atoms with Crippen molar-refractivity contribution in [3.63, 3.8) is 0 Å². The highest BCUT2D eigenvalue weighted by atomic mass is 35.5. The first kappa shape index (κ1) is 13.1. The van der Waals surface area contributed by atoms with Crippen molar-refractivity contribution < 1.29 is 0 Å². The number of nitrogens with one attached hydrogen (secondary N) is 1. The normalized spacial score (nSPS) is 10.5. The standard InChI is InChI=1S/C13H13Cl2N3/c1-7-8(2)13(18-17-12(7)15)16-11-6-4-5-10(14)9(11)3/h4-6H,1-3H3,(H,16,18). The van der Waals surface area contributed by atoms with Gasteiger partial charge in [-0.3, -0.25) is 0 Å². The van der Waals surface area contributed by atoms with Crippen molar-refractivity contribution in [1.82, 2.24) is 10.2 Å². The molecule has 2 aromatic rings. The van der Waals surface area contributed by atoms with Gasteiger partial charge in [0.25, 0.3) is 0 Å². The van der Waals surface area contributed by atoms with Gasteiger partial charge in [0.05, 0.1) is 0 Å². The molecule has 1 aromatic carbocycles. The van der Waals surface area contributed by atoms with E-state index < -0.39 is 0 Å². The second-order valence-electron chi connectivity index (χ2n) is 4.13. The van der Waals surface area contributed by atoms with Gasteiger partial charge in [-0.1, -0.05) is 29.3 Å².